The fourth-order valence-corrected chi connectivity index (χ4v) is 8.59. The summed E-state index contributed by atoms with van der Waals surface area (Å²) in [6.45, 7) is 14.2. The molecule has 3 aromatic carbocycles. The molecule has 0 atom stereocenters. The van der Waals surface area contributed by atoms with Crippen LogP contribution in [0, 0.1) is 0 Å². The lowest BCUT2D eigenvalue weighted by Crippen LogP contribution is -2.59. The first kappa shape index (κ1) is 24.7. The van der Waals surface area contributed by atoms with Crippen LogP contribution in [0.4, 0.5) is 34.1 Å². The molecule has 5 aromatic rings. The van der Waals surface area contributed by atoms with Crippen LogP contribution in [0.15, 0.2) is 91.0 Å². The minimum Gasteiger partial charge on any atom is -0.311 e. The first-order valence-corrected chi connectivity index (χ1v) is 15.4. The standard InChI is InChI=1S/C34H33BN2S2/c1-33(2,3)28-20-26-31(38-28)35-30-24(36(26)22-14-9-7-10-15-22)18-13-19-25(30)37(23-16-11-8-12-17-23)27-21-29(34(4,5)6)39-32(27)35/h7-21H,1-6H3. The molecule has 0 amide bonds. The van der Waals surface area contributed by atoms with Crippen molar-refractivity contribution in [3.05, 3.63) is 101 Å². The van der Waals surface area contributed by atoms with Gasteiger partial charge in [0.1, 0.15) is 0 Å². The molecule has 194 valence electrons. The van der Waals surface area contributed by atoms with E-state index in [4.69, 9.17) is 0 Å². The third-order valence-corrected chi connectivity index (χ3v) is 11.1. The van der Waals surface area contributed by atoms with E-state index in [1.807, 2.05) is 22.7 Å². The summed E-state index contributed by atoms with van der Waals surface area (Å²) in [6.07, 6.45) is 0. The molecule has 0 radical (unpaired) electrons. The molecule has 0 saturated heterocycles. The van der Waals surface area contributed by atoms with Gasteiger partial charge in [-0.1, -0.05) is 84.0 Å². The van der Waals surface area contributed by atoms with Gasteiger partial charge in [0.05, 0.1) is 11.4 Å². The Morgan fingerprint density at radius 1 is 0.513 bits per heavy atom. The smallest absolute Gasteiger partial charge is 0.277 e. The van der Waals surface area contributed by atoms with E-state index >= 15 is 0 Å². The first-order valence-electron chi connectivity index (χ1n) is 13.7. The van der Waals surface area contributed by atoms with Gasteiger partial charge in [-0.3, -0.25) is 0 Å². The second kappa shape index (κ2) is 8.61. The van der Waals surface area contributed by atoms with Crippen LogP contribution < -0.4 is 24.8 Å². The topological polar surface area (TPSA) is 6.48 Å². The molecule has 5 heteroatoms. The third kappa shape index (κ3) is 3.82. The van der Waals surface area contributed by atoms with Crippen LogP contribution in [-0.2, 0) is 10.8 Å². The highest BCUT2D eigenvalue weighted by atomic mass is 32.1. The maximum Gasteiger partial charge on any atom is 0.277 e. The highest BCUT2D eigenvalue weighted by molar-refractivity contribution is 7.36. The average Bonchev–Trinajstić information content (AvgIpc) is 3.55. The van der Waals surface area contributed by atoms with E-state index in [1.54, 1.807) is 0 Å². The number of fused-ring (bicyclic) bond motifs is 4. The van der Waals surface area contributed by atoms with Crippen LogP contribution in [0.3, 0.4) is 0 Å². The van der Waals surface area contributed by atoms with Crippen molar-refractivity contribution in [2.24, 2.45) is 0 Å². The Hall–Kier alpha value is -3.28. The fraction of sp³-hybridized carbons (Fsp3) is 0.235. The number of hydrogen-bond donors (Lipinski definition) is 0. The number of para-hydroxylation sites is 2. The summed E-state index contributed by atoms with van der Waals surface area (Å²) < 4.78 is 2.92. The quantitative estimate of drug-likeness (QED) is 0.201. The van der Waals surface area contributed by atoms with Gasteiger partial charge in [-0.15, -0.1) is 0 Å². The molecule has 2 aromatic heterocycles. The van der Waals surface area contributed by atoms with Crippen molar-refractivity contribution in [1.29, 1.82) is 0 Å². The SMILES string of the molecule is CC(C)(C)c1cc2c(s1)B1c3sc(C(C)(C)C)cc3N(c3ccccc3)c3cccc(c31)N2c1ccccc1. The maximum absolute atomic E-state index is 2.50. The Morgan fingerprint density at radius 3 is 1.31 bits per heavy atom. The Morgan fingerprint density at radius 2 is 0.923 bits per heavy atom. The van der Waals surface area contributed by atoms with Gasteiger partial charge in [-0.05, 0) is 64.8 Å². The predicted molar refractivity (Wildman–Crippen MR) is 174 cm³/mol. The van der Waals surface area contributed by atoms with Gasteiger partial charge >= 0.3 is 0 Å². The van der Waals surface area contributed by atoms with Crippen molar-refractivity contribution in [2.75, 3.05) is 9.80 Å². The highest BCUT2D eigenvalue weighted by Gasteiger charge is 2.46. The molecule has 2 nitrogen and oxygen atoms in total. The molecule has 2 aliphatic heterocycles. The van der Waals surface area contributed by atoms with Crippen LogP contribution in [0.1, 0.15) is 51.3 Å². The molecular weight excluding hydrogens is 511 g/mol. The monoisotopic (exact) mass is 544 g/mol. The van der Waals surface area contributed by atoms with Crippen molar-refractivity contribution in [3.8, 4) is 0 Å². The van der Waals surface area contributed by atoms with Crippen LogP contribution in [0.5, 0.6) is 0 Å². The maximum atomic E-state index is 2.50. The van der Waals surface area contributed by atoms with Gasteiger partial charge in [0.25, 0.3) is 6.71 Å². The molecule has 0 spiro atoms. The number of hydrogen-bond acceptors (Lipinski definition) is 4. The molecule has 0 aliphatic carbocycles. The van der Waals surface area contributed by atoms with Crippen LogP contribution in [0.2, 0.25) is 0 Å². The highest BCUT2D eigenvalue weighted by Crippen LogP contribution is 2.48. The van der Waals surface area contributed by atoms with E-state index in [9.17, 15) is 0 Å². The second-order valence-electron chi connectivity index (χ2n) is 12.7. The van der Waals surface area contributed by atoms with E-state index in [-0.39, 0.29) is 17.5 Å². The molecule has 0 unspecified atom stereocenters. The summed E-state index contributed by atoms with van der Waals surface area (Å²) >= 11 is 4.01. The minimum absolute atomic E-state index is 0.0823. The van der Waals surface area contributed by atoms with Gasteiger partial charge in [-0.2, -0.15) is 22.7 Å². The molecule has 0 bridgehead atoms. The van der Waals surface area contributed by atoms with Gasteiger partial charge in [0.2, 0.25) is 0 Å². The summed E-state index contributed by atoms with van der Waals surface area (Å²) in [5.41, 5.74) is 9.22. The summed E-state index contributed by atoms with van der Waals surface area (Å²) in [5.74, 6) is 0. The van der Waals surface area contributed by atoms with Crippen molar-refractivity contribution >= 4 is 78.5 Å². The van der Waals surface area contributed by atoms with E-state index in [2.05, 4.69) is 142 Å². The number of rotatable bonds is 2. The average molecular weight is 545 g/mol. The van der Waals surface area contributed by atoms with Gasteiger partial charge < -0.3 is 9.80 Å². The third-order valence-electron chi connectivity index (χ3n) is 7.82. The lowest BCUT2D eigenvalue weighted by molar-refractivity contribution is 0.603. The van der Waals surface area contributed by atoms with Crippen LogP contribution in [0.25, 0.3) is 0 Å². The molecule has 0 fully saturated rings. The number of benzene rings is 3. The summed E-state index contributed by atoms with van der Waals surface area (Å²) in [5, 5.41) is 0. The van der Waals surface area contributed by atoms with Crippen molar-refractivity contribution in [3.63, 3.8) is 0 Å². The Labute approximate surface area is 240 Å². The van der Waals surface area contributed by atoms with Gasteiger partial charge in [-0.25, -0.2) is 0 Å². The molecule has 7 rings (SSSR count). The zero-order valence-electron chi connectivity index (χ0n) is 23.4. The fourth-order valence-electron chi connectivity index (χ4n) is 5.87. The molecule has 39 heavy (non-hydrogen) atoms. The summed E-state index contributed by atoms with van der Waals surface area (Å²) in [7, 11) is 0. The van der Waals surface area contributed by atoms with Gasteiger partial charge in [0, 0.05) is 42.1 Å². The van der Waals surface area contributed by atoms with E-state index < -0.39 is 0 Å². The van der Waals surface area contributed by atoms with E-state index in [0.29, 0.717) is 0 Å². The minimum atomic E-state index is 0.0823. The number of nitrogens with zero attached hydrogens (tertiary/aromatic N) is 2. The Balaban J connectivity index is 1.58. The first-order chi connectivity index (χ1) is 18.6. The number of anilines is 6. The van der Waals surface area contributed by atoms with Gasteiger partial charge in [0.15, 0.2) is 0 Å². The zero-order valence-corrected chi connectivity index (χ0v) is 25.1. The molecule has 2 aliphatic rings. The van der Waals surface area contributed by atoms with Crippen LogP contribution >= 0.6 is 22.7 Å². The molecular formula is C34H33BN2S2. The molecule has 0 N–H and O–H groups in total. The second-order valence-corrected chi connectivity index (χ2v) is 14.9. The predicted octanol–water partition coefficient (Wildman–Crippen LogP) is 8.49. The Bertz CT molecular complexity index is 1570. The molecule has 0 saturated carbocycles. The molecule has 4 heterocycles. The van der Waals surface area contributed by atoms with Crippen molar-refractivity contribution in [1.82, 2.24) is 0 Å². The van der Waals surface area contributed by atoms with Crippen molar-refractivity contribution in [2.45, 2.75) is 52.4 Å². The largest absolute Gasteiger partial charge is 0.311 e. The normalized spacial score (nSPS) is 14.3. The van der Waals surface area contributed by atoms with Crippen molar-refractivity contribution < 1.29 is 0 Å². The van der Waals surface area contributed by atoms with E-state index in [1.165, 1.54) is 58.9 Å². The lowest BCUT2D eigenvalue weighted by Gasteiger charge is -2.41. The summed E-state index contributed by atoms with van der Waals surface area (Å²) in [6, 6.07) is 33.6. The summed E-state index contributed by atoms with van der Waals surface area (Å²) in [4.78, 5) is 7.87. The van der Waals surface area contributed by atoms with Crippen LogP contribution in [-0.4, -0.2) is 6.71 Å². The zero-order chi connectivity index (χ0) is 27.1. The number of thiophene rings is 2. The van der Waals surface area contributed by atoms with E-state index in [0.717, 1.165) is 0 Å². The lowest BCUT2D eigenvalue weighted by atomic mass is 9.39. The Kier molecular flexibility index (Phi) is 5.46.